The lowest BCUT2D eigenvalue weighted by atomic mass is 9.95. The molecule has 1 saturated carbocycles. The number of carbonyl (C=O) groups is 2. The summed E-state index contributed by atoms with van der Waals surface area (Å²) in [4.78, 5) is 22.9. The molecule has 2 fully saturated rings. The van der Waals surface area contributed by atoms with Gasteiger partial charge in [-0.2, -0.15) is 0 Å². The maximum absolute atomic E-state index is 11.9. The smallest absolute Gasteiger partial charge is 0.243 e. The Morgan fingerprint density at radius 3 is 2.59 bits per heavy atom. The summed E-state index contributed by atoms with van der Waals surface area (Å²) in [5.74, 6) is 0.366. The highest BCUT2D eigenvalue weighted by molar-refractivity contribution is 5.91. The van der Waals surface area contributed by atoms with E-state index in [2.05, 4.69) is 10.6 Å². The standard InChI is InChI=1S/C11H19N3O2.ClH/c1-11(6-12,7-2-3-7)14-10(16)8-4-5-9(15)13-8;/h7-8H,2-6,12H2,1H3,(H,13,15)(H,14,16);1H. The molecule has 1 aliphatic heterocycles. The molecule has 5 nitrogen and oxygen atoms in total. The number of nitrogens with one attached hydrogen (secondary N) is 2. The van der Waals surface area contributed by atoms with Crippen LogP contribution in [0, 0.1) is 5.92 Å². The molecule has 2 amide bonds. The van der Waals surface area contributed by atoms with Crippen molar-refractivity contribution >= 4 is 24.2 Å². The fourth-order valence-corrected chi connectivity index (χ4v) is 2.22. The van der Waals surface area contributed by atoms with Crippen LogP contribution in [0.1, 0.15) is 32.6 Å². The van der Waals surface area contributed by atoms with Gasteiger partial charge in [-0.15, -0.1) is 12.4 Å². The highest BCUT2D eigenvalue weighted by atomic mass is 35.5. The van der Waals surface area contributed by atoms with Gasteiger partial charge in [0.2, 0.25) is 11.8 Å². The first-order valence-corrected chi connectivity index (χ1v) is 5.86. The Kier molecular flexibility index (Phi) is 4.38. The molecule has 1 heterocycles. The van der Waals surface area contributed by atoms with Gasteiger partial charge in [0, 0.05) is 13.0 Å². The highest BCUT2D eigenvalue weighted by Gasteiger charge is 2.43. The summed E-state index contributed by atoms with van der Waals surface area (Å²) in [7, 11) is 0. The van der Waals surface area contributed by atoms with Gasteiger partial charge in [-0.05, 0) is 32.1 Å². The van der Waals surface area contributed by atoms with Crippen LogP contribution in [0.15, 0.2) is 0 Å². The number of nitrogens with two attached hydrogens (primary N) is 1. The van der Waals surface area contributed by atoms with E-state index >= 15 is 0 Å². The van der Waals surface area contributed by atoms with Crippen molar-refractivity contribution in [1.29, 1.82) is 0 Å². The maximum atomic E-state index is 11.9. The summed E-state index contributed by atoms with van der Waals surface area (Å²) in [5.41, 5.74) is 5.42. The first-order chi connectivity index (χ1) is 7.55. The molecule has 0 radical (unpaired) electrons. The van der Waals surface area contributed by atoms with Gasteiger partial charge in [-0.25, -0.2) is 0 Å². The molecule has 17 heavy (non-hydrogen) atoms. The zero-order chi connectivity index (χ0) is 11.8. The highest BCUT2D eigenvalue weighted by Crippen LogP contribution is 2.39. The Hall–Kier alpha value is -0.810. The van der Waals surface area contributed by atoms with E-state index in [0.717, 1.165) is 12.8 Å². The van der Waals surface area contributed by atoms with Crippen molar-refractivity contribution in [2.45, 2.75) is 44.2 Å². The molecule has 2 atom stereocenters. The minimum absolute atomic E-state index is 0. The second-order valence-corrected chi connectivity index (χ2v) is 5.04. The third kappa shape index (κ3) is 3.10. The molecular formula is C11H20ClN3O2. The molecule has 0 spiro atoms. The fraction of sp³-hybridized carbons (Fsp3) is 0.818. The number of amides is 2. The molecule has 1 aliphatic carbocycles. The second kappa shape index (κ2) is 5.23. The molecule has 2 rings (SSSR count). The molecule has 4 N–H and O–H groups in total. The second-order valence-electron chi connectivity index (χ2n) is 5.04. The van der Waals surface area contributed by atoms with Crippen LogP contribution in [0.25, 0.3) is 0 Å². The Morgan fingerprint density at radius 1 is 1.53 bits per heavy atom. The molecule has 0 aromatic rings. The zero-order valence-corrected chi connectivity index (χ0v) is 10.8. The largest absolute Gasteiger partial charge is 0.348 e. The fourth-order valence-electron chi connectivity index (χ4n) is 2.22. The van der Waals surface area contributed by atoms with Crippen LogP contribution in [0.2, 0.25) is 0 Å². The van der Waals surface area contributed by atoms with Gasteiger partial charge in [-0.3, -0.25) is 9.59 Å². The average molecular weight is 262 g/mol. The number of halogens is 1. The van der Waals surface area contributed by atoms with E-state index in [-0.39, 0.29) is 35.8 Å². The Balaban J connectivity index is 0.00000144. The van der Waals surface area contributed by atoms with Gasteiger partial charge in [0.15, 0.2) is 0 Å². The SMILES string of the molecule is CC(CN)(NC(=O)C1CCC(=O)N1)C1CC1.Cl. The minimum Gasteiger partial charge on any atom is -0.348 e. The van der Waals surface area contributed by atoms with E-state index in [1.54, 1.807) is 0 Å². The predicted molar refractivity (Wildman–Crippen MR) is 66.7 cm³/mol. The molecule has 6 heteroatoms. The first-order valence-electron chi connectivity index (χ1n) is 5.86. The van der Waals surface area contributed by atoms with Crippen molar-refractivity contribution in [1.82, 2.24) is 10.6 Å². The lowest BCUT2D eigenvalue weighted by Gasteiger charge is -2.30. The van der Waals surface area contributed by atoms with Gasteiger partial charge >= 0.3 is 0 Å². The van der Waals surface area contributed by atoms with Crippen molar-refractivity contribution < 1.29 is 9.59 Å². The topological polar surface area (TPSA) is 84.2 Å². The molecular weight excluding hydrogens is 242 g/mol. The van der Waals surface area contributed by atoms with Gasteiger partial charge in [0.25, 0.3) is 0 Å². The molecule has 2 aliphatic rings. The summed E-state index contributed by atoms with van der Waals surface area (Å²) in [6, 6.07) is -0.364. The molecule has 1 saturated heterocycles. The van der Waals surface area contributed by atoms with Crippen molar-refractivity contribution in [2.24, 2.45) is 11.7 Å². The summed E-state index contributed by atoms with van der Waals surface area (Å²) >= 11 is 0. The van der Waals surface area contributed by atoms with Gasteiger partial charge in [0.05, 0.1) is 5.54 Å². The van der Waals surface area contributed by atoms with E-state index in [0.29, 0.717) is 25.3 Å². The van der Waals surface area contributed by atoms with Crippen LogP contribution < -0.4 is 16.4 Å². The van der Waals surface area contributed by atoms with E-state index in [1.165, 1.54) is 0 Å². The maximum Gasteiger partial charge on any atom is 0.243 e. The van der Waals surface area contributed by atoms with Crippen molar-refractivity contribution in [2.75, 3.05) is 6.54 Å². The molecule has 2 unspecified atom stereocenters. The van der Waals surface area contributed by atoms with E-state index < -0.39 is 0 Å². The first kappa shape index (κ1) is 14.3. The quantitative estimate of drug-likeness (QED) is 0.662. The van der Waals surface area contributed by atoms with Crippen LogP contribution >= 0.6 is 12.4 Å². The molecule has 98 valence electrons. The van der Waals surface area contributed by atoms with Crippen molar-refractivity contribution in [3.8, 4) is 0 Å². The number of hydrogen-bond acceptors (Lipinski definition) is 3. The van der Waals surface area contributed by atoms with Gasteiger partial charge in [0.1, 0.15) is 6.04 Å². The Bertz CT molecular complexity index is 320. The minimum atomic E-state index is -0.364. The third-order valence-corrected chi connectivity index (χ3v) is 3.62. The molecule has 0 aromatic carbocycles. The van der Waals surface area contributed by atoms with E-state index in [9.17, 15) is 9.59 Å². The Labute approximate surface area is 107 Å². The van der Waals surface area contributed by atoms with Crippen LogP contribution in [-0.2, 0) is 9.59 Å². The molecule has 0 bridgehead atoms. The van der Waals surface area contributed by atoms with Crippen molar-refractivity contribution in [3.05, 3.63) is 0 Å². The third-order valence-electron chi connectivity index (χ3n) is 3.62. The number of hydrogen-bond donors (Lipinski definition) is 3. The lowest BCUT2D eigenvalue weighted by Crippen LogP contribution is -2.57. The predicted octanol–water partition coefficient (Wildman–Crippen LogP) is -0.0696. The van der Waals surface area contributed by atoms with E-state index in [1.807, 2.05) is 6.92 Å². The summed E-state index contributed by atoms with van der Waals surface area (Å²) in [6.45, 7) is 2.43. The Morgan fingerprint density at radius 2 is 2.18 bits per heavy atom. The average Bonchev–Trinajstić information content (AvgIpc) is 3.02. The summed E-state index contributed by atoms with van der Waals surface area (Å²) < 4.78 is 0. The van der Waals surface area contributed by atoms with Crippen LogP contribution in [0.4, 0.5) is 0 Å². The normalized spacial score (nSPS) is 26.7. The van der Waals surface area contributed by atoms with Gasteiger partial charge in [-0.1, -0.05) is 0 Å². The monoisotopic (exact) mass is 261 g/mol. The van der Waals surface area contributed by atoms with Crippen LogP contribution in [0.5, 0.6) is 0 Å². The van der Waals surface area contributed by atoms with Crippen LogP contribution in [0.3, 0.4) is 0 Å². The van der Waals surface area contributed by atoms with E-state index in [4.69, 9.17) is 5.73 Å². The van der Waals surface area contributed by atoms with Crippen LogP contribution in [-0.4, -0.2) is 29.9 Å². The number of carbonyl (C=O) groups excluding carboxylic acids is 2. The molecule has 0 aromatic heterocycles. The van der Waals surface area contributed by atoms with Crippen molar-refractivity contribution in [3.63, 3.8) is 0 Å². The summed E-state index contributed by atoms with van der Waals surface area (Å²) in [6.07, 6.45) is 3.30. The zero-order valence-electron chi connectivity index (χ0n) is 9.99. The number of rotatable bonds is 4. The summed E-state index contributed by atoms with van der Waals surface area (Å²) in [5, 5.41) is 5.66. The van der Waals surface area contributed by atoms with Gasteiger partial charge < -0.3 is 16.4 Å². The lowest BCUT2D eigenvalue weighted by molar-refractivity contribution is -0.127.